The van der Waals surface area contributed by atoms with E-state index >= 15 is 0 Å². The number of aliphatic hydroxyl groups excluding tert-OH is 1. The summed E-state index contributed by atoms with van der Waals surface area (Å²) in [5, 5.41) is 14.1. The lowest BCUT2D eigenvalue weighted by Gasteiger charge is -2.43. The molecule has 3 atom stereocenters. The second-order valence-electron chi connectivity index (χ2n) is 7.84. The molecule has 1 aliphatic heterocycles. The molecule has 0 bridgehead atoms. The minimum atomic E-state index is -0.896. The van der Waals surface area contributed by atoms with Crippen LogP contribution in [0.3, 0.4) is 0 Å². The predicted molar refractivity (Wildman–Crippen MR) is 115 cm³/mol. The highest BCUT2D eigenvalue weighted by Crippen LogP contribution is 2.39. The molecule has 2 aromatic rings. The summed E-state index contributed by atoms with van der Waals surface area (Å²) in [4.78, 5) is 27.3. The van der Waals surface area contributed by atoms with E-state index in [0.29, 0.717) is 12.0 Å². The van der Waals surface area contributed by atoms with Crippen LogP contribution in [-0.4, -0.2) is 29.1 Å². The van der Waals surface area contributed by atoms with Crippen LogP contribution in [0.4, 0.5) is 5.69 Å². The number of benzene rings is 2. The van der Waals surface area contributed by atoms with Gasteiger partial charge in [-0.2, -0.15) is 0 Å². The van der Waals surface area contributed by atoms with Gasteiger partial charge in [0.2, 0.25) is 5.91 Å². The number of aryl methyl sites for hydroxylation is 1. The number of rotatable bonds is 6. The van der Waals surface area contributed by atoms with Gasteiger partial charge in [-0.1, -0.05) is 55.7 Å². The molecular formula is C24H30N2O3. The predicted octanol–water partition coefficient (Wildman–Crippen LogP) is 4.14. The minimum absolute atomic E-state index is 0.0648. The van der Waals surface area contributed by atoms with Crippen LogP contribution in [0.1, 0.15) is 67.1 Å². The van der Waals surface area contributed by atoms with Crippen molar-refractivity contribution in [2.24, 2.45) is 0 Å². The monoisotopic (exact) mass is 394 g/mol. The van der Waals surface area contributed by atoms with Gasteiger partial charge >= 0.3 is 0 Å². The molecule has 2 amide bonds. The maximum Gasteiger partial charge on any atom is 0.258 e. The molecule has 1 aliphatic rings. The molecule has 5 nitrogen and oxygen atoms in total. The van der Waals surface area contributed by atoms with E-state index in [0.717, 1.165) is 36.1 Å². The number of hydrogen-bond acceptors (Lipinski definition) is 3. The van der Waals surface area contributed by atoms with Gasteiger partial charge in [0.1, 0.15) is 0 Å². The van der Waals surface area contributed by atoms with Crippen molar-refractivity contribution in [2.45, 2.75) is 64.6 Å². The van der Waals surface area contributed by atoms with E-state index < -0.39 is 18.2 Å². The van der Waals surface area contributed by atoms with Gasteiger partial charge in [0.15, 0.2) is 0 Å². The Morgan fingerprint density at radius 1 is 1.10 bits per heavy atom. The zero-order chi connectivity index (χ0) is 21.0. The Hall–Kier alpha value is -2.66. The lowest BCUT2D eigenvalue weighted by atomic mass is 9.87. The van der Waals surface area contributed by atoms with Gasteiger partial charge in [0.25, 0.3) is 5.91 Å². The molecule has 0 spiro atoms. The van der Waals surface area contributed by atoms with Crippen molar-refractivity contribution in [3.63, 3.8) is 0 Å². The van der Waals surface area contributed by atoms with E-state index in [4.69, 9.17) is 0 Å². The van der Waals surface area contributed by atoms with Crippen LogP contribution in [0.15, 0.2) is 48.5 Å². The summed E-state index contributed by atoms with van der Waals surface area (Å²) in [5.74, 6) is -0.222. The van der Waals surface area contributed by atoms with Crippen LogP contribution in [0.25, 0.3) is 0 Å². The van der Waals surface area contributed by atoms with Crippen LogP contribution in [0, 0.1) is 6.92 Å². The first-order chi connectivity index (χ1) is 13.9. The third-order valence-corrected chi connectivity index (χ3v) is 5.58. The van der Waals surface area contributed by atoms with Crippen molar-refractivity contribution >= 4 is 17.5 Å². The fourth-order valence-electron chi connectivity index (χ4n) is 3.94. The molecule has 154 valence electrons. The van der Waals surface area contributed by atoms with Crippen molar-refractivity contribution in [3.05, 3.63) is 65.2 Å². The summed E-state index contributed by atoms with van der Waals surface area (Å²) < 4.78 is 0. The Morgan fingerprint density at radius 2 is 1.83 bits per heavy atom. The minimum Gasteiger partial charge on any atom is -0.388 e. The fourth-order valence-corrected chi connectivity index (χ4v) is 3.94. The highest BCUT2D eigenvalue weighted by Gasteiger charge is 2.41. The zero-order valence-corrected chi connectivity index (χ0v) is 17.4. The van der Waals surface area contributed by atoms with Gasteiger partial charge in [0.05, 0.1) is 18.2 Å². The summed E-state index contributed by atoms with van der Waals surface area (Å²) >= 11 is 0. The molecular weight excluding hydrogens is 364 g/mol. The molecule has 3 rings (SSSR count). The second kappa shape index (κ2) is 9.23. The molecule has 2 aromatic carbocycles. The molecule has 2 N–H and O–H groups in total. The summed E-state index contributed by atoms with van der Waals surface area (Å²) in [7, 11) is 0. The highest BCUT2D eigenvalue weighted by molar-refractivity contribution is 6.07. The first-order valence-electron chi connectivity index (χ1n) is 10.4. The van der Waals surface area contributed by atoms with Gasteiger partial charge in [-0.25, -0.2) is 0 Å². The molecule has 1 heterocycles. The largest absolute Gasteiger partial charge is 0.388 e. The topological polar surface area (TPSA) is 69.6 Å². The quantitative estimate of drug-likeness (QED) is 0.724. The standard InChI is InChI=1S/C24H30N2O3/c1-4-5-7-12-21(27)25-22-19-15-16(2)13-14-20(19)26(17(3)23(22)28)24(29)18-10-8-6-9-11-18/h6,8-11,13-15,17,22-23,28H,4-5,7,12H2,1-3H3,(H,25,27)/t17-,22+,23-/m0/s1. The van der Waals surface area contributed by atoms with Crippen LogP contribution in [-0.2, 0) is 4.79 Å². The summed E-state index contributed by atoms with van der Waals surface area (Å²) in [6.45, 7) is 5.89. The van der Waals surface area contributed by atoms with Crippen molar-refractivity contribution in [1.82, 2.24) is 5.32 Å². The van der Waals surface area contributed by atoms with Crippen LogP contribution in [0.2, 0.25) is 0 Å². The number of aliphatic hydroxyl groups is 1. The number of hydrogen-bond donors (Lipinski definition) is 2. The van der Waals surface area contributed by atoms with Crippen molar-refractivity contribution in [1.29, 1.82) is 0 Å². The third-order valence-electron chi connectivity index (χ3n) is 5.58. The van der Waals surface area contributed by atoms with E-state index in [1.165, 1.54) is 0 Å². The lowest BCUT2D eigenvalue weighted by Crippen LogP contribution is -2.55. The van der Waals surface area contributed by atoms with Crippen molar-refractivity contribution < 1.29 is 14.7 Å². The number of carbonyl (C=O) groups excluding carboxylic acids is 2. The molecule has 0 unspecified atom stereocenters. The molecule has 0 aliphatic carbocycles. The Bertz CT molecular complexity index is 866. The number of unbranched alkanes of at least 4 members (excludes halogenated alkanes) is 2. The normalized spacial score (nSPS) is 20.8. The van der Waals surface area contributed by atoms with Crippen molar-refractivity contribution in [2.75, 3.05) is 4.90 Å². The van der Waals surface area contributed by atoms with Gasteiger partial charge in [-0.3, -0.25) is 9.59 Å². The fraction of sp³-hybridized carbons (Fsp3) is 0.417. The number of amides is 2. The molecule has 29 heavy (non-hydrogen) atoms. The van der Waals surface area contributed by atoms with E-state index in [9.17, 15) is 14.7 Å². The zero-order valence-electron chi connectivity index (χ0n) is 17.4. The Morgan fingerprint density at radius 3 is 2.52 bits per heavy atom. The number of nitrogens with one attached hydrogen (secondary N) is 1. The lowest BCUT2D eigenvalue weighted by molar-refractivity contribution is -0.123. The molecule has 0 fully saturated rings. The Kier molecular flexibility index (Phi) is 6.70. The summed E-state index contributed by atoms with van der Waals surface area (Å²) in [5.41, 5.74) is 3.10. The highest BCUT2D eigenvalue weighted by atomic mass is 16.3. The van der Waals surface area contributed by atoms with Gasteiger partial charge in [-0.15, -0.1) is 0 Å². The van der Waals surface area contributed by atoms with E-state index in [1.54, 1.807) is 17.0 Å². The third kappa shape index (κ3) is 4.51. The van der Waals surface area contributed by atoms with E-state index in [2.05, 4.69) is 12.2 Å². The maximum atomic E-state index is 13.2. The Labute approximate surface area is 172 Å². The number of fused-ring (bicyclic) bond motifs is 1. The number of anilines is 1. The molecule has 0 radical (unpaired) electrons. The molecule has 5 heteroatoms. The van der Waals surface area contributed by atoms with Crippen molar-refractivity contribution in [3.8, 4) is 0 Å². The first-order valence-corrected chi connectivity index (χ1v) is 10.4. The first kappa shape index (κ1) is 21.1. The van der Waals surface area contributed by atoms with E-state index in [-0.39, 0.29) is 11.8 Å². The summed E-state index contributed by atoms with van der Waals surface area (Å²) in [6, 6.07) is 13.9. The van der Waals surface area contributed by atoms with Crippen LogP contribution >= 0.6 is 0 Å². The Balaban J connectivity index is 1.94. The van der Waals surface area contributed by atoms with Gasteiger partial charge < -0.3 is 15.3 Å². The van der Waals surface area contributed by atoms with Crippen LogP contribution in [0.5, 0.6) is 0 Å². The number of nitrogens with zero attached hydrogens (tertiary/aromatic N) is 1. The van der Waals surface area contributed by atoms with Gasteiger partial charge in [0, 0.05) is 23.2 Å². The average molecular weight is 395 g/mol. The SMILES string of the molecule is CCCCCC(=O)N[C@@H]1c2cc(C)ccc2N(C(=O)c2ccccc2)[C@@H](C)[C@@H]1O. The molecule has 0 aromatic heterocycles. The van der Waals surface area contributed by atoms with Crippen LogP contribution < -0.4 is 10.2 Å². The maximum absolute atomic E-state index is 13.2. The molecule has 0 saturated carbocycles. The van der Waals surface area contributed by atoms with Gasteiger partial charge in [-0.05, 0) is 38.5 Å². The van der Waals surface area contributed by atoms with E-state index in [1.807, 2.05) is 50.2 Å². The average Bonchev–Trinajstić information content (AvgIpc) is 2.72. The second-order valence-corrected chi connectivity index (χ2v) is 7.84. The number of carbonyl (C=O) groups is 2. The smallest absolute Gasteiger partial charge is 0.258 e. The molecule has 0 saturated heterocycles. The summed E-state index contributed by atoms with van der Waals surface area (Å²) in [6.07, 6.45) is 2.44.